The molecule has 0 bridgehead atoms. The van der Waals surface area contributed by atoms with E-state index in [1.165, 1.54) is 48.5 Å². The molecule has 0 aliphatic heterocycles. The van der Waals surface area contributed by atoms with Crippen molar-refractivity contribution in [2.45, 2.75) is 0 Å². The second-order valence-electron chi connectivity index (χ2n) is 3.49. The lowest BCUT2D eigenvalue weighted by Crippen LogP contribution is -1.89. The quantitative estimate of drug-likeness (QED) is 0.724. The summed E-state index contributed by atoms with van der Waals surface area (Å²) < 4.78 is 25.5. The van der Waals surface area contributed by atoms with Crippen molar-refractivity contribution in [3.63, 3.8) is 0 Å². The molecule has 0 unspecified atom stereocenters. The van der Waals surface area contributed by atoms with Crippen LogP contribution in [0.15, 0.2) is 48.5 Å². The van der Waals surface area contributed by atoms with Crippen molar-refractivity contribution in [2.24, 2.45) is 0 Å². The largest absolute Gasteiger partial charge is 0.233 e. The monoisotopic (exact) mass is 230 g/mol. The van der Waals surface area contributed by atoms with Crippen LogP contribution in [0.1, 0.15) is 11.1 Å². The summed E-state index contributed by atoms with van der Waals surface area (Å²) in [6, 6.07) is 11.0. The second kappa shape index (κ2) is 4.73. The first-order valence-corrected chi connectivity index (χ1v) is 4.97. The van der Waals surface area contributed by atoms with Crippen molar-refractivity contribution in [1.82, 2.24) is 0 Å². The molecule has 0 saturated heterocycles. The van der Waals surface area contributed by atoms with Gasteiger partial charge >= 0.3 is 0 Å². The van der Waals surface area contributed by atoms with Crippen molar-refractivity contribution < 1.29 is 13.6 Å². The van der Waals surface area contributed by atoms with Crippen LogP contribution in [0, 0.1) is 11.6 Å². The SMILES string of the molecule is O=C=C(c1ccc(F)cc1)c1ccc(F)cc1. The van der Waals surface area contributed by atoms with Gasteiger partial charge in [-0.2, -0.15) is 0 Å². The van der Waals surface area contributed by atoms with E-state index in [9.17, 15) is 13.6 Å². The summed E-state index contributed by atoms with van der Waals surface area (Å²) in [5, 5.41) is 0. The topological polar surface area (TPSA) is 17.1 Å². The third kappa shape index (κ3) is 2.47. The first-order valence-electron chi connectivity index (χ1n) is 4.97. The molecule has 0 aliphatic carbocycles. The van der Waals surface area contributed by atoms with E-state index in [-0.39, 0.29) is 17.2 Å². The normalized spacial score (nSPS) is 9.76. The molecule has 0 N–H and O–H groups in total. The van der Waals surface area contributed by atoms with Crippen LogP contribution in [0.4, 0.5) is 8.78 Å². The molecule has 0 atom stereocenters. The fourth-order valence-electron chi connectivity index (χ4n) is 1.52. The van der Waals surface area contributed by atoms with E-state index in [1.807, 2.05) is 0 Å². The Morgan fingerprint density at radius 2 is 1.12 bits per heavy atom. The number of rotatable bonds is 2. The van der Waals surface area contributed by atoms with Crippen molar-refractivity contribution in [1.29, 1.82) is 0 Å². The highest BCUT2D eigenvalue weighted by molar-refractivity contribution is 5.96. The Balaban J connectivity index is 2.44. The van der Waals surface area contributed by atoms with Crippen molar-refractivity contribution in [3.8, 4) is 0 Å². The molecule has 0 amide bonds. The average Bonchev–Trinajstić information content (AvgIpc) is 2.35. The maximum absolute atomic E-state index is 12.8. The van der Waals surface area contributed by atoms with E-state index in [0.29, 0.717) is 11.1 Å². The average molecular weight is 230 g/mol. The minimum Gasteiger partial charge on any atom is -0.233 e. The minimum atomic E-state index is -0.377. The molecular formula is C14H8F2O. The lowest BCUT2D eigenvalue weighted by atomic mass is 9.99. The van der Waals surface area contributed by atoms with Crippen LogP contribution in [-0.2, 0) is 4.79 Å². The lowest BCUT2D eigenvalue weighted by molar-refractivity contribution is 0.569. The van der Waals surface area contributed by atoms with Gasteiger partial charge in [-0.15, -0.1) is 0 Å². The van der Waals surface area contributed by atoms with Crippen LogP contribution >= 0.6 is 0 Å². The molecule has 0 aromatic heterocycles. The molecule has 2 aromatic carbocycles. The summed E-state index contributed by atoms with van der Waals surface area (Å²) in [6.45, 7) is 0. The van der Waals surface area contributed by atoms with Gasteiger partial charge in [-0.1, -0.05) is 24.3 Å². The fraction of sp³-hybridized carbons (Fsp3) is 0. The highest BCUT2D eigenvalue weighted by Crippen LogP contribution is 2.21. The van der Waals surface area contributed by atoms with Crippen LogP contribution in [0.3, 0.4) is 0 Å². The molecule has 2 aromatic rings. The summed E-state index contributed by atoms with van der Waals surface area (Å²) in [6.07, 6.45) is 0. The molecule has 17 heavy (non-hydrogen) atoms. The maximum Gasteiger partial charge on any atom is 0.133 e. The number of hydrogen-bond acceptors (Lipinski definition) is 1. The molecule has 84 valence electrons. The summed E-state index contributed by atoms with van der Waals surface area (Å²) in [5.41, 5.74) is 1.38. The van der Waals surface area contributed by atoms with Gasteiger partial charge in [-0.05, 0) is 35.4 Å². The number of carbonyl (C=O) groups excluding carboxylic acids is 1. The predicted octanol–water partition coefficient (Wildman–Crippen LogP) is 3.23. The molecular weight excluding hydrogens is 222 g/mol. The lowest BCUT2D eigenvalue weighted by Gasteiger charge is -2.03. The molecule has 2 rings (SSSR count). The van der Waals surface area contributed by atoms with Gasteiger partial charge < -0.3 is 0 Å². The highest BCUT2D eigenvalue weighted by atomic mass is 19.1. The van der Waals surface area contributed by atoms with Gasteiger partial charge in [-0.3, -0.25) is 0 Å². The Bertz CT molecular complexity index is 517. The molecule has 0 aliphatic rings. The van der Waals surface area contributed by atoms with Crippen LogP contribution in [0.25, 0.3) is 5.57 Å². The standard InChI is InChI=1S/C14H8F2O/c15-12-5-1-10(2-6-12)14(9-17)11-3-7-13(16)8-4-11/h1-8H. The third-order valence-electron chi connectivity index (χ3n) is 2.37. The zero-order valence-corrected chi connectivity index (χ0v) is 8.78. The van der Waals surface area contributed by atoms with E-state index in [4.69, 9.17) is 0 Å². The molecule has 0 saturated carbocycles. The van der Waals surface area contributed by atoms with Gasteiger partial charge in [0.05, 0.1) is 5.57 Å². The molecule has 0 fully saturated rings. The van der Waals surface area contributed by atoms with Crippen LogP contribution < -0.4 is 0 Å². The summed E-state index contributed by atoms with van der Waals surface area (Å²) >= 11 is 0. The van der Waals surface area contributed by atoms with Gasteiger partial charge in [0.1, 0.15) is 17.6 Å². The zero-order chi connectivity index (χ0) is 12.3. The first-order chi connectivity index (χ1) is 8.20. The van der Waals surface area contributed by atoms with Gasteiger partial charge in [0.2, 0.25) is 0 Å². The third-order valence-corrected chi connectivity index (χ3v) is 2.37. The smallest absolute Gasteiger partial charge is 0.133 e. The Morgan fingerprint density at radius 1 is 0.765 bits per heavy atom. The van der Waals surface area contributed by atoms with E-state index in [2.05, 4.69) is 0 Å². The zero-order valence-electron chi connectivity index (χ0n) is 8.78. The van der Waals surface area contributed by atoms with Gasteiger partial charge in [-0.25, -0.2) is 13.6 Å². The van der Waals surface area contributed by atoms with Crippen molar-refractivity contribution in [3.05, 3.63) is 71.3 Å². The van der Waals surface area contributed by atoms with Gasteiger partial charge in [0, 0.05) is 0 Å². The molecule has 0 heterocycles. The van der Waals surface area contributed by atoms with Crippen LogP contribution in [-0.4, -0.2) is 5.94 Å². The first kappa shape index (κ1) is 11.2. The number of halogens is 2. The molecule has 0 spiro atoms. The molecule has 1 nitrogen and oxygen atoms in total. The number of hydrogen-bond donors (Lipinski definition) is 0. The summed E-state index contributed by atoms with van der Waals surface area (Å²) in [7, 11) is 0. The van der Waals surface area contributed by atoms with Crippen molar-refractivity contribution in [2.75, 3.05) is 0 Å². The highest BCUT2D eigenvalue weighted by Gasteiger charge is 2.06. The Kier molecular flexibility index (Phi) is 3.12. The predicted molar refractivity (Wildman–Crippen MR) is 61.0 cm³/mol. The van der Waals surface area contributed by atoms with Crippen LogP contribution in [0.2, 0.25) is 0 Å². The molecule has 3 heteroatoms. The number of benzene rings is 2. The summed E-state index contributed by atoms with van der Waals surface area (Å²) in [5.74, 6) is 1.04. The van der Waals surface area contributed by atoms with Crippen molar-refractivity contribution >= 4 is 11.5 Å². The molecule has 0 radical (unpaired) electrons. The second-order valence-corrected chi connectivity index (χ2v) is 3.49. The minimum absolute atomic E-state index is 0.282. The Morgan fingerprint density at radius 3 is 1.41 bits per heavy atom. The van der Waals surface area contributed by atoms with E-state index < -0.39 is 0 Å². The van der Waals surface area contributed by atoms with E-state index >= 15 is 0 Å². The van der Waals surface area contributed by atoms with E-state index in [0.717, 1.165) is 0 Å². The van der Waals surface area contributed by atoms with Gasteiger partial charge in [0.15, 0.2) is 0 Å². The Labute approximate surface area is 97.0 Å². The van der Waals surface area contributed by atoms with Crippen LogP contribution in [0.5, 0.6) is 0 Å². The summed E-state index contributed by atoms with van der Waals surface area (Å²) in [4.78, 5) is 10.9. The Hall–Kier alpha value is -2.25. The maximum atomic E-state index is 12.8. The van der Waals surface area contributed by atoms with E-state index in [1.54, 1.807) is 5.94 Å². The van der Waals surface area contributed by atoms with Gasteiger partial charge in [0.25, 0.3) is 0 Å². The fourth-order valence-corrected chi connectivity index (χ4v) is 1.52.